The Hall–Kier alpha value is -2.96. The lowest BCUT2D eigenvalue weighted by Crippen LogP contribution is -2.31. The van der Waals surface area contributed by atoms with Crippen LogP contribution < -0.4 is 5.73 Å². The molecular weight excluding hydrogens is 347 g/mol. The van der Waals surface area contributed by atoms with Gasteiger partial charge in [-0.3, -0.25) is 0 Å². The summed E-state index contributed by atoms with van der Waals surface area (Å²) in [5.74, 6) is -7.25. The van der Waals surface area contributed by atoms with Gasteiger partial charge in [0.2, 0.25) is 11.5 Å². The van der Waals surface area contributed by atoms with Gasteiger partial charge in [0.25, 0.3) is 0 Å². The van der Waals surface area contributed by atoms with Crippen molar-refractivity contribution in [1.29, 1.82) is 0 Å². The minimum absolute atomic E-state index is 0.0836. The smallest absolute Gasteiger partial charge is 0.475 e. The number of carboxylic acids is 1. The molecule has 1 rings (SSSR count). The van der Waals surface area contributed by atoms with Gasteiger partial charge in [-0.2, -0.15) is 13.2 Å². The molecule has 0 saturated carbocycles. The average molecular weight is 353 g/mol. The van der Waals surface area contributed by atoms with Crippen LogP contribution in [0.2, 0.25) is 0 Å². The Balaban J connectivity index is 3.07. The van der Waals surface area contributed by atoms with Crippen molar-refractivity contribution in [3.05, 3.63) is 23.4 Å². The first kappa shape index (κ1) is 18.1. The number of carbonyl (C=O) groups is 3. The standard InChI is InChI=1S/C10H6F3N3O6S/c1-3(6(17)18)22-16-5(4-2-23-9(14)15-4)7(19)21-8(20)10(11,12)13/h2H,1H2,(H2,14,15)(H,17,18)/b16-5+. The summed E-state index contributed by atoms with van der Waals surface area (Å²) in [4.78, 5) is 40.5. The summed E-state index contributed by atoms with van der Waals surface area (Å²) >= 11 is 0.792. The average Bonchev–Trinajstić information content (AvgIpc) is 2.83. The third-order valence-corrected chi connectivity index (χ3v) is 2.53. The van der Waals surface area contributed by atoms with Crippen molar-refractivity contribution >= 4 is 40.1 Å². The van der Waals surface area contributed by atoms with E-state index in [9.17, 15) is 27.6 Å². The molecule has 0 aromatic carbocycles. The maximum Gasteiger partial charge on any atom is 0.491 e. The van der Waals surface area contributed by atoms with Crippen molar-refractivity contribution in [3.8, 4) is 0 Å². The fraction of sp³-hybridized carbons (Fsp3) is 0.100. The quantitative estimate of drug-likeness (QED) is 0.196. The van der Waals surface area contributed by atoms with Gasteiger partial charge >= 0.3 is 24.1 Å². The number of hydrogen-bond donors (Lipinski definition) is 2. The molecule has 0 aliphatic rings. The van der Waals surface area contributed by atoms with E-state index in [1.807, 2.05) is 0 Å². The van der Waals surface area contributed by atoms with E-state index in [-0.39, 0.29) is 10.8 Å². The van der Waals surface area contributed by atoms with Gasteiger partial charge in [0.15, 0.2) is 5.13 Å². The van der Waals surface area contributed by atoms with Crippen LogP contribution in [0.3, 0.4) is 0 Å². The number of oxime groups is 1. The van der Waals surface area contributed by atoms with Crippen LogP contribution in [0, 0.1) is 0 Å². The largest absolute Gasteiger partial charge is 0.491 e. The molecule has 1 aromatic rings. The van der Waals surface area contributed by atoms with Crippen LogP contribution in [-0.4, -0.2) is 39.9 Å². The maximum atomic E-state index is 12.1. The number of hydrogen-bond acceptors (Lipinski definition) is 9. The Morgan fingerprint density at radius 1 is 1.39 bits per heavy atom. The maximum absolute atomic E-state index is 12.1. The molecule has 1 heterocycles. The van der Waals surface area contributed by atoms with Crippen molar-refractivity contribution in [2.75, 3.05) is 5.73 Å². The fourth-order valence-corrected chi connectivity index (χ4v) is 1.46. The van der Waals surface area contributed by atoms with Crippen molar-refractivity contribution in [2.24, 2.45) is 5.16 Å². The Morgan fingerprint density at radius 3 is 2.43 bits per heavy atom. The Bertz CT molecular complexity index is 696. The predicted molar refractivity (Wildman–Crippen MR) is 68.1 cm³/mol. The second kappa shape index (κ2) is 6.87. The molecule has 0 saturated heterocycles. The number of nitrogen functional groups attached to an aromatic ring is 1. The van der Waals surface area contributed by atoms with Crippen LogP contribution in [0.1, 0.15) is 5.69 Å². The van der Waals surface area contributed by atoms with Gasteiger partial charge in [0.05, 0.1) is 0 Å². The zero-order valence-corrected chi connectivity index (χ0v) is 11.6. The highest BCUT2D eigenvalue weighted by Crippen LogP contribution is 2.18. The molecule has 0 atom stereocenters. The topological polar surface area (TPSA) is 141 Å². The number of nitrogens with two attached hydrogens (primary N) is 1. The van der Waals surface area contributed by atoms with Gasteiger partial charge in [-0.1, -0.05) is 5.16 Å². The molecule has 124 valence electrons. The molecule has 0 bridgehead atoms. The Labute approximate surface area is 128 Å². The molecule has 0 amide bonds. The first-order valence-corrected chi connectivity index (χ1v) is 6.12. The Morgan fingerprint density at radius 2 is 2.00 bits per heavy atom. The van der Waals surface area contributed by atoms with Crippen LogP contribution >= 0.6 is 11.3 Å². The number of carboxylic acid groups (broad SMARTS) is 1. The van der Waals surface area contributed by atoms with Crippen molar-refractivity contribution in [3.63, 3.8) is 0 Å². The molecule has 23 heavy (non-hydrogen) atoms. The molecule has 1 aromatic heterocycles. The van der Waals surface area contributed by atoms with Crippen LogP contribution in [0.25, 0.3) is 0 Å². The molecule has 0 aliphatic carbocycles. The van der Waals surface area contributed by atoms with Crippen molar-refractivity contribution in [1.82, 2.24) is 4.98 Å². The molecule has 0 spiro atoms. The third-order valence-electron chi connectivity index (χ3n) is 1.86. The highest BCUT2D eigenvalue weighted by atomic mass is 32.1. The van der Waals surface area contributed by atoms with Gasteiger partial charge < -0.3 is 20.4 Å². The summed E-state index contributed by atoms with van der Waals surface area (Å²) in [5.41, 5.74) is 3.91. The summed E-state index contributed by atoms with van der Waals surface area (Å²) in [6, 6.07) is 0. The lowest BCUT2D eigenvalue weighted by atomic mass is 10.3. The van der Waals surface area contributed by atoms with E-state index in [4.69, 9.17) is 10.8 Å². The number of anilines is 1. The second-order valence-corrected chi connectivity index (χ2v) is 4.39. The molecule has 3 N–H and O–H groups in total. The number of thiazole rings is 1. The van der Waals surface area contributed by atoms with E-state index in [0.29, 0.717) is 0 Å². The lowest BCUT2D eigenvalue weighted by molar-refractivity contribution is -0.199. The third kappa shape index (κ3) is 5.06. The number of ether oxygens (including phenoxy) is 1. The Kier molecular flexibility index (Phi) is 5.40. The second-order valence-electron chi connectivity index (χ2n) is 3.51. The van der Waals surface area contributed by atoms with E-state index in [1.54, 1.807) is 0 Å². The van der Waals surface area contributed by atoms with Gasteiger partial charge in [-0.15, -0.1) is 11.3 Å². The number of aliphatic carboxylic acids is 1. The van der Waals surface area contributed by atoms with E-state index < -0.39 is 35.6 Å². The van der Waals surface area contributed by atoms with E-state index in [2.05, 4.69) is 26.3 Å². The molecule has 13 heteroatoms. The van der Waals surface area contributed by atoms with E-state index >= 15 is 0 Å². The van der Waals surface area contributed by atoms with Gasteiger partial charge in [0.1, 0.15) is 5.69 Å². The summed E-state index contributed by atoms with van der Waals surface area (Å²) in [6.45, 7) is 2.91. The molecule has 0 fully saturated rings. The summed E-state index contributed by atoms with van der Waals surface area (Å²) in [5, 5.41) is 12.5. The van der Waals surface area contributed by atoms with Crippen molar-refractivity contribution in [2.45, 2.75) is 6.18 Å². The number of nitrogens with zero attached hydrogens (tertiary/aromatic N) is 2. The minimum Gasteiger partial charge on any atom is -0.475 e. The number of aromatic nitrogens is 1. The SMILES string of the molecule is C=C(O/N=C(/C(=O)OC(=O)C(F)(F)F)c1csc(N)n1)C(=O)O. The molecule has 0 aliphatic heterocycles. The highest BCUT2D eigenvalue weighted by Gasteiger charge is 2.43. The first-order chi connectivity index (χ1) is 10.5. The monoisotopic (exact) mass is 353 g/mol. The van der Waals surface area contributed by atoms with Gasteiger partial charge in [-0.05, 0) is 6.58 Å². The van der Waals surface area contributed by atoms with E-state index in [1.165, 1.54) is 0 Å². The van der Waals surface area contributed by atoms with Crippen LogP contribution in [0.5, 0.6) is 0 Å². The predicted octanol–water partition coefficient (Wildman–Crippen LogP) is 0.676. The van der Waals surface area contributed by atoms with Crippen LogP contribution in [0.15, 0.2) is 22.9 Å². The molecule has 9 nitrogen and oxygen atoms in total. The zero-order chi connectivity index (χ0) is 17.8. The number of alkyl halides is 3. The minimum atomic E-state index is -5.42. The van der Waals surface area contributed by atoms with Gasteiger partial charge in [-0.25, -0.2) is 19.4 Å². The summed E-state index contributed by atoms with van der Waals surface area (Å²) < 4.78 is 39.8. The summed E-state index contributed by atoms with van der Waals surface area (Å²) in [7, 11) is 0. The molecule has 0 unspecified atom stereocenters. The number of carbonyl (C=O) groups excluding carboxylic acids is 2. The van der Waals surface area contributed by atoms with Crippen molar-refractivity contribution < 1.29 is 42.2 Å². The molecular formula is C10H6F3N3O6S. The van der Waals surface area contributed by atoms with Gasteiger partial charge in [0, 0.05) is 5.38 Å². The lowest BCUT2D eigenvalue weighted by Gasteiger charge is -2.06. The van der Waals surface area contributed by atoms with Crippen LogP contribution in [-0.2, 0) is 24.0 Å². The van der Waals surface area contributed by atoms with E-state index in [0.717, 1.165) is 16.7 Å². The van der Waals surface area contributed by atoms with Crippen LogP contribution in [0.4, 0.5) is 18.3 Å². The first-order valence-electron chi connectivity index (χ1n) is 5.24. The normalized spacial score (nSPS) is 11.7. The number of rotatable bonds is 5. The molecule has 0 radical (unpaired) electrons. The number of halogens is 3. The summed E-state index contributed by atoms with van der Waals surface area (Å²) in [6.07, 6.45) is -5.42. The fourth-order valence-electron chi connectivity index (χ4n) is 0.915. The number of esters is 2. The highest BCUT2D eigenvalue weighted by molar-refractivity contribution is 7.13. The zero-order valence-electron chi connectivity index (χ0n) is 10.8.